The molecule has 1 aliphatic carbocycles. The molecule has 1 atom stereocenters. The minimum Gasteiger partial charge on any atom is -0.376 e. The third-order valence-electron chi connectivity index (χ3n) is 3.49. The number of hydrogen-bond acceptors (Lipinski definition) is 3. The number of rotatable bonds is 3. The van der Waals surface area contributed by atoms with Crippen molar-refractivity contribution in [3.8, 4) is 0 Å². The average Bonchev–Trinajstić information content (AvgIpc) is 2.41. The van der Waals surface area contributed by atoms with Gasteiger partial charge in [0.25, 0.3) is 0 Å². The van der Waals surface area contributed by atoms with Crippen LogP contribution in [0.3, 0.4) is 0 Å². The van der Waals surface area contributed by atoms with E-state index >= 15 is 0 Å². The molecule has 0 radical (unpaired) electrons. The van der Waals surface area contributed by atoms with E-state index < -0.39 is 0 Å². The highest BCUT2D eigenvalue weighted by molar-refractivity contribution is 5.80. The molecule has 1 amide bonds. The van der Waals surface area contributed by atoms with Gasteiger partial charge in [0.05, 0.1) is 24.9 Å². The SMILES string of the molecule is COC1(CN2C(=O)CNC2C)CCC1. The Bertz CT molecular complexity index is 233. The van der Waals surface area contributed by atoms with Crippen LogP contribution in [-0.2, 0) is 9.53 Å². The van der Waals surface area contributed by atoms with E-state index in [1.807, 2.05) is 11.8 Å². The van der Waals surface area contributed by atoms with E-state index in [-0.39, 0.29) is 17.7 Å². The van der Waals surface area contributed by atoms with Gasteiger partial charge in [0, 0.05) is 7.11 Å². The number of carbonyl (C=O) groups is 1. The van der Waals surface area contributed by atoms with Crippen LogP contribution in [0.2, 0.25) is 0 Å². The van der Waals surface area contributed by atoms with Crippen molar-refractivity contribution in [2.24, 2.45) is 0 Å². The Kier molecular flexibility index (Phi) is 2.49. The van der Waals surface area contributed by atoms with Crippen LogP contribution < -0.4 is 5.32 Å². The summed E-state index contributed by atoms with van der Waals surface area (Å²) in [7, 11) is 1.75. The van der Waals surface area contributed by atoms with Gasteiger partial charge in [-0.25, -0.2) is 0 Å². The fourth-order valence-electron chi connectivity index (χ4n) is 2.20. The number of nitrogens with zero attached hydrogens (tertiary/aromatic N) is 1. The molecule has 4 nitrogen and oxygen atoms in total. The minimum absolute atomic E-state index is 0.0457. The third-order valence-corrected chi connectivity index (χ3v) is 3.49. The zero-order chi connectivity index (χ0) is 10.2. The predicted octanol–water partition coefficient (Wildman–Crippen LogP) is 0.333. The number of carbonyl (C=O) groups excluding carboxylic acids is 1. The summed E-state index contributed by atoms with van der Waals surface area (Å²) < 4.78 is 5.51. The molecule has 0 aromatic rings. The normalized spacial score (nSPS) is 30.6. The van der Waals surface area contributed by atoms with Crippen LogP contribution in [0.1, 0.15) is 26.2 Å². The average molecular weight is 198 g/mol. The standard InChI is InChI=1S/C10H18N2O2/c1-8-11-6-9(13)12(8)7-10(14-2)4-3-5-10/h8,11H,3-7H2,1-2H3. The van der Waals surface area contributed by atoms with Crippen molar-refractivity contribution < 1.29 is 9.53 Å². The first kappa shape index (κ1) is 9.93. The fourth-order valence-corrected chi connectivity index (χ4v) is 2.20. The highest BCUT2D eigenvalue weighted by atomic mass is 16.5. The second-order valence-electron chi connectivity index (χ2n) is 4.32. The van der Waals surface area contributed by atoms with Crippen molar-refractivity contribution in [3.63, 3.8) is 0 Å². The molecule has 2 aliphatic rings. The number of amides is 1. The molecule has 1 aliphatic heterocycles. The Morgan fingerprint density at radius 2 is 2.36 bits per heavy atom. The Labute approximate surface area is 84.6 Å². The first-order chi connectivity index (χ1) is 6.67. The van der Waals surface area contributed by atoms with E-state index in [4.69, 9.17) is 4.74 Å². The second kappa shape index (κ2) is 3.51. The van der Waals surface area contributed by atoms with Gasteiger partial charge in [0.1, 0.15) is 0 Å². The van der Waals surface area contributed by atoms with Crippen molar-refractivity contribution in [2.45, 2.75) is 38.0 Å². The molecule has 2 rings (SSSR count). The molecule has 0 aromatic heterocycles. The molecule has 4 heteroatoms. The smallest absolute Gasteiger partial charge is 0.237 e. The summed E-state index contributed by atoms with van der Waals surface area (Å²) in [5, 5.41) is 3.14. The predicted molar refractivity (Wildman–Crippen MR) is 52.8 cm³/mol. The maximum absolute atomic E-state index is 11.5. The number of nitrogens with one attached hydrogen (secondary N) is 1. The first-order valence-corrected chi connectivity index (χ1v) is 5.25. The van der Waals surface area contributed by atoms with Crippen LogP contribution in [0.5, 0.6) is 0 Å². The van der Waals surface area contributed by atoms with Crippen LogP contribution in [0.15, 0.2) is 0 Å². The molecule has 14 heavy (non-hydrogen) atoms. The number of ether oxygens (including phenoxy) is 1. The highest BCUT2D eigenvalue weighted by Crippen LogP contribution is 2.36. The molecule has 2 fully saturated rings. The largest absolute Gasteiger partial charge is 0.376 e. The van der Waals surface area contributed by atoms with Crippen LogP contribution in [0, 0.1) is 0 Å². The molecule has 1 unspecified atom stereocenters. The molecular weight excluding hydrogens is 180 g/mol. The maximum Gasteiger partial charge on any atom is 0.237 e. The summed E-state index contributed by atoms with van der Waals surface area (Å²) in [6.45, 7) is 3.24. The van der Waals surface area contributed by atoms with Crippen LogP contribution >= 0.6 is 0 Å². The Balaban J connectivity index is 1.98. The molecule has 0 aromatic carbocycles. The van der Waals surface area contributed by atoms with E-state index in [2.05, 4.69) is 5.32 Å². The van der Waals surface area contributed by atoms with E-state index in [0.717, 1.165) is 19.4 Å². The molecule has 80 valence electrons. The lowest BCUT2D eigenvalue weighted by Gasteiger charge is -2.43. The molecular formula is C10H18N2O2. The molecule has 1 heterocycles. The minimum atomic E-state index is -0.0457. The molecule has 0 bridgehead atoms. The van der Waals surface area contributed by atoms with Gasteiger partial charge < -0.3 is 9.64 Å². The lowest BCUT2D eigenvalue weighted by molar-refractivity contribution is -0.138. The van der Waals surface area contributed by atoms with Crippen LogP contribution in [-0.4, -0.2) is 42.8 Å². The fraction of sp³-hybridized carbons (Fsp3) is 0.900. The number of hydrogen-bond donors (Lipinski definition) is 1. The van der Waals surface area contributed by atoms with Gasteiger partial charge in [0.2, 0.25) is 5.91 Å². The number of methoxy groups -OCH3 is 1. The molecule has 1 saturated carbocycles. The highest BCUT2D eigenvalue weighted by Gasteiger charge is 2.42. The topological polar surface area (TPSA) is 41.6 Å². The maximum atomic E-state index is 11.5. The van der Waals surface area contributed by atoms with Gasteiger partial charge in [-0.05, 0) is 26.2 Å². The van der Waals surface area contributed by atoms with Gasteiger partial charge >= 0.3 is 0 Å². The van der Waals surface area contributed by atoms with Gasteiger partial charge in [-0.1, -0.05) is 0 Å². The van der Waals surface area contributed by atoms with Crippen molar-refractivity contribution in [2.75, 3.05) is 20.2 Å². The summed E-state index contributed by atoms with van der Waals surface area (Å²) in [6.07, 6.45) is 3.55. The zero-order valence-electron chi connectivity index (χ0n) is 8.88. The summed E-state index contributed by atoms with van der Waals surface area (Å²) in [4.78, 5) is 13.4. The lowest BCUT2D eigenvalue weighted by Crippen LogP contribution is -2.52. The Hall–Kier alpha value is -0.610. The van der Waals surface area contributed by atoms with E-state index in [1.165, 1.54) is 6.42 Å². The van der Waals surface area contributed by atoms with E-state index in [9.17, 15) is 4.79 Å². The van der Waals surface area contributed by atoms with Crippen molar-refractivity contribution in [3.05, 3.63) is 0 Å². The zero-order valence-corrected chi connectivity index (χ0v) is 8.88. The first-order valence-electron chi connectivity index (χ1n) is 5.25. The molecule has 1 saturated heterocycles. The van der Waals surface area contributed by atoms with Crippen molar-refractivity contribution in [1.82, 2.24) is 10.2 Å². The quantitative estimate of drug-likeness (QED) is 0.710. The summed E-state index contributed by atoms with van der Waals surface area (Å²) in [6, 6.07) is 0. The molecule has 1 N–H and O–H groups in total. The summed E-state index contributed by atoms with van der Waals surface area (Å²) >= 11 is 0. The van der Waals surface area contributed by atoms with Crippen molar-refractivity contribution in [1.29, 1.82) is 0 Å². The van der Waals surface area contributed by atoms with Gasteiger partial charge in [-0.15, -0.1) is 0 Å². The summed E-state index contributed by atoms with van der Waals surface area (Å²) in [5.41, 5.74) is -0.0457. The van der Waals surface area contributed by atoms with Gasteiger partial charge in [0.15, 0.2) is 0 Å². The monoisotopic (exact) mass is 198 g/mol. The van der Waals surface area contributed by atoms with Gasteiger partial charge in [-0.3, -0.25) is 10.1 Å². The van der Waals surface area contributed by atoms with Crippen LogP contribution in [0.4, 0.5) is 0 Å². The van der Waals surface area contributed by atoms with Crippen molar-refractivity contribution >= 4 is 5.91 Å². The van der Waals surface area contributed by atoms with E-state index in [1.54, 1.807) is 7.11 Å². The Morgan fingerprint density at radius 1 is 1.64 bits per heavy atom. The lowest BCUT2D eigenvalue weighted by atomic mass is 9.79. The third kappa shape index (κ3) is 1.53. The molecule has 0 spiro atoms. The Morgan fingerprint density at radius 3 is 2.71 bits per heavy atom. The second-order valence-corrected chi connectivity index (χ2v) is 4.32. The summed E-state index contributed by atoms with van der Waals surface area (Å²) in [5.74, 6) is 0.195. The van der Waals surface area contributed by atoms with Gasteiger partial charge in [-0.2, -0.15) is 0 Å². The van der Waals surface area contributed by atoms with E-state index in [0.29, 0.717) is 6.54 Å². The van der Waals surface area contributed by atoms with Crippen LogP contribution in [0.25, 0.3) is 0 Å².